The molecule has 0 spiro atoms. The van der Waals surface area contributed by atoms with Gasteiger partial charge in [-0.3, -0.25) is 4.90 Å². The fraction of sp³-hybridized carbons (Fsp3) is 0.650. The smallest absolute Gasteiger partial charge is 0.409 e. The molecular weight excluding hydrogens is 387 g/mol. The molecule has 0 saturated carbocycles. The monoisotopic (exact) mass is 412 g/mol. The van der Waals surface area contributed by atoms with Gasteiger partial charge in [0.2, 0.25) is 0 Å². The number of likely N-dealkylation sites (tertiary alicyclic amines) is 1. The number of fused-ring (bicyclic) bond motifs is 1. The Labute approximate surface area is 169 Å². The zero-order chi connectivity index (χ0) is 19.5. The average molecular weight is 413 g/mol. The number of ether oxygens (including phenoxy) is 3. The third-order valence-corrected chi connectivity index (χ3v) is 5.95. The van der Waals surface area contributed by atoms with Crippen molar-refractivity contribution in [2.45, 2.75) is 31.8 Å². The minimum Gasteiger partial charge on any atom is -0.483 e. The van der Waals surface area contributed by atoms with E-state index in [1.54, 1.807) is 11.0 Å². The van der Waals surface area contributed by atoms with Gasteiger partial charge >= 0.3 is 6.09 Å². The lowest BCUT2D eigenvalue weighted by atomic mass is 9.92. The second kappa shape index (κ2) is 8.74. The molecule has 2 fully saturated rings. The van der Waals surface area contributed by atoms with Gasteiger partial charge < -0.3 is 19.1 Å². The topological polar surface area (TPSA) is 51.2 Å². The van der Waals surface area contributed by atoms with Gasteiger partial charge in [0.15, 0.2) is 17.3 Å². The molecule has 154 valence electrons. The first-order valence-electron chi connectivity index (χ1n) is 10.0. The summed E-state index contributed by atoms with van der Waals surface area (Å²) in [5.41, 5.74) is 0. The lowest BCUT2D eigenvalue weighted by molar-refractivity contribution is 0.0445. The minimum absolute atomic E-state index is 0.122. The van der Waals surface area contributed by atoms with Crippen molar-refractivity contribution in [1.29, 1.82) is 0 Å². The van der Waals surface area contributed by atoms with Gasteiger partial charge in [-0.25, -0.2) is 9.18 Å². The van der Waals surface area contributed by atoms with Crippen molar-refractivity contribution in [3.05, 3.63) is 23.0 Å². The summed E-state index contributed by atoms with van der Waals surface area (Å²) in [5, 5.41) is 0.309. The van der Waals surface area contributed by atoms with E-state index >= 15 is 0 Å². The summed E-state index contributed by atoms with van der Waals surface area (Å²) in [7, 11) is 0. The fourth-order valence-corrected chi connectivity index (χ4v) is 4.38. The van der Waals surface area contributed by atoms with Crippen molar-refractivity contribution in [3.8, 4) is 11.5 Å². The summed E-state index contributed by atoms with van der Waals surface area (Å²) in [4.78, 5) is 15.6. The van der Waals surface area contributed by atoms with Gasteiger partial charge in [-0.2, -0.15) is 0 Å². The number of halogens is 2. The number of amides is 1. The number of carbonyl (C=O) groups is 1. The molecule has 1 aromatic carbocycles. The number of cyclic esters (lactones) is 1. The van der Waals surface area contributed by atoms with Crippen LogP contribution < -0.4 is 9.47 Å². The first-order valence-corrected chi connectivity index (χ1v) is 10.4. The third-order valence-electron chi connectivity index (χ3n) is 5.74. The zero-order valence-electron chi connectivity index (χ0n) is 15.9. The summed E-state index contributed by atoms with van der Waals surface area (Å²) in [6.45, 7) is 5.19. The lowest BCUT2D eigenvalue weighted by Gasteiger charge is -2.35. The molecule has 6 nitrogen and oxygen atoms in total. The van der Waals surface area contributed by atoms with Gasteiger partial charge in [0, 0.05) is 24.2 Å². The summed E-state index contributed by atoms with van der Waals surface area (Å²) in [6.07, 6.45) is 4.17. The molecule has 0 unspecified atom stereocenters. The Morgan fingerprint density at radius 3 is 2.75 bits per heavy atom. The van der Waals surface area contributed by atoms with Crippen LogP contribution in [0.4, 0.5) is 9.18 Å². The lowest BCUT2D eigenvalue weighted by Crippen LogP contribution is -2.44. The minimum atomic E-state index is -0.482. The summed E-state index contributed by atoms with van der Waals surface area (Å²) in [6, 6.07) is 2.84. The molecule has 4 rings (SSSR count). The first kappa shape index (κ1) is 19.6. The van der Waals surface area contributed by atoms with Gasteiger partial charge in [0.1, 0.15) is 19.3 Å². The van der Waals surface area contributed by atoms with Crippen molar-refractivity contribution < 1.29 is 23.4 Å². The highest BCUT2D eigenvalue weighted by Gasteiger charge is 2.28. The van der Waals surface area contributed by atoms with Gasteiger partial charge in [-0.05, 0) is 50.8 Å². The maximum Gasteiger partial charge on any atom is 0.409 e. The number of benzene rings is 1. The van der Waals surface area contributed by atoms with Crippen LogP contribution in [0, 0.1) is 11.7 Å². The standard InChI is InChI=1S/C20H26ClFN2O4/c21-15-10-17(22)19-18(11-15)28-16(13-27-19)12-23-6-3-14(4-7-23)2-1-5-24-8-9-26-20(24)25/h10-11,14,16H,1-9,12-13H2/t16-/m0/s1. The molecule has 3 heterocycles. The number of hydrogen-bond donors (Lipinski definition) is 0. The van der Waals surface area contributed by atoms with Crippen molar-refractivity contribution in [1.82, 2.24) is 9.80 Å². The number of piperidine rings is 1. The third kappa shape index (κ3) is 4.63. The van der Waals surface area contributed by atoms with Crippen LogP contribution in [-0.2, 0) is 4.74 Å². The van der Waals surface area contributed by atoms with E-state index in [4.69, 9.17) is 25.8 Å². The molecule has 2 saturated heterocycles. The van der Waals surface area contributed by atoms with Crippen LogP contribution in [0.2, 0.25) is 5.02 Å². The van der Waals surface area contributed by atoms with Crippen molar-refractivity contribution in [2.75, 3.05) is 45.9 Å². The predicted molar refractivity (Wildman–Crippen MR) is 103 cm³/mol. The Balaban J connectivity index is 1.18. The normalized spacial score (nSPS) is 23.1. The van der Waals surface area contributed by atoms with E-state index in [1.807, 2.05) is 0 Å². The zero-order valence-corrected chi connectivity index (χ0v) is 16.6. The fourth-order valence-electron chi connectivity index (χ4n) is 4.19. The van der Waals surface area contributed by atoms with Crippen molar-refractivity contribution in [2.24, 2.45) is 5.92 Å². The van der Waals surface area contributed by atoms with Crippen LogP contribution >= 0.6 is 11.6 Å². The highest BCUT2D eigenvalue weighted by atomic mass is 35.5. The van der Waals surface area contributed by atoms with E-state index in [1.165, 1.54) is 6.07 Å². The molecule has 1 aromatic rings. The summed E-state index contributed by atoms with van der Waals surface area (Å²) >= 11 is 5.91. The van der Waals surface area contributed by atoms with E-state index in [9.17, 15) is 9.18 Å². The highest BCUT2D eigenvalue weighted by Crippen LogP contribution is 2.37. The molecule has 0 aliphatic carbocycles. The van der Waals surface area contributed by atoms with Gasteiger partial charge in [-0.1, -0.05) is 11.6 Å². The van der Waals surface area contributed by atoms with E-state index in [0.29, 0.717) is 29.9 Å². The van der Waals surface area contributed by atoms with Gasteiger partial charge in [-0.15, -0.1) is 0 Å². The summed E-state index contributed by atoms with van der Waals surface area (Å²) < 4.78 is 30.3. The predicted octanol–water partition coefficient (Wildman–Crippen LogP) is 3.56. The van der Waals surface area contributed by atoms with Crippen LogP contribution in [0.3, 0.4) is 0 Å². The van der Waals surface area contributed by atoms with Crippen LogP contribution in [-0.4, -0.2) is 67.9 Å². The second-order valence-electron chi connectivity index (χ2n) is 7.75. The Morgan fingerprint density at radius 2 is 2.00 bits per heavy atom. The van der Waals surface area contributed by atoms with E-state index in [-0.39, 0.29) is 17.9 Å². The maximum atomic E-state index is 13.9. The summed E-state index contributed by atoms with van der Waals surface area (Å²) in [5.74, 6) is 0.758. The van der Waals surface area contributed by atoms with E-state index < -0.39 is 5.82 Å². The quantitative estimate of drug-likeness (QED) is 0.715. The highest BCUT2D eigenvalue weighted by molar-refractivity contribution is 6.30. The maximum absolute atomic E-state index is 13.9. The van der Waals surface area contributed by atoms with Crippen molar-refractivity contribution in [3.63, 3.8) is 0 Å². The molecular formula is C20H26ClFN2O4. The molecule has 8 heteroatoms. The van der Waals surface area contributed by atoms with Crippen LogP contribution in [0.5, 0.6) is 11.5 Å². The van der Waals surface area contributed by atoms with Crippen LogP contribution in [0.1, 0.15) is 25.7 Å². The molecule has 0 aromatic heterocycles. The van der Waals surface area contributed by atoms with Crippen LogP contribution in [0.15, 0.2) is 12.1 Å². The van der Waals surface area contributed by atoms with E-state index in [2.05, 4.69) is 4.90 Å². The van der Waals surface area contributed by atoms with Gasteiger partial charge in [0.25, 0.3) is 0 Å². The Kier molecular flexibility index (Phi) is 6.11. The number of rotatable bonds is 6. The molecule has 0 radical (unpaired) electrons. The number of hydrogen-bond acceptors (Lipinski definition) is 5. The molecule has 1 amide bonds. The SMILES string of the molecule is O=C1OCCN1CCCC1CCN(C[C@H]2COc3c(F)cc(Cl)cc3O2)CC1. The Bertz CT molecular complexity index is 712. The Hall–Kier alpha value is -1.73. The molecule has 3 aliphatic rings. The van der Waals surface area contributed by atoms with E-state index in [0.717, 1.165) is 58.4 Å². The molecule has 28 heavy (non-hydrogen) atoms. The van der Waals surface area contributed by atoms with Crippen LogP contribution in [0.25, 0.3) is 0 Å². The Morgan fingerprint density at radius 1 is 1.18 bits per heavy atom. The van der Waals surface area contributed by atoms with Gasteiger partial charge in [0.05, 0.1) is 6.54 Å². The first-order chi connectivity index (χ1) is 13.6. The molecule has 1 atom stereocenters. The second-order valence-corrected chi connectivity index (χ2v) is 8.19. The number of carbonyl (C=O) groups excluding carboxylic acids is 1. The van der Waals surface area contributed by atoms with Crippen molar-refractivity contribution >= 4 is 17.7 Å². The number of nitrogens with zero attached hydrogens (tertiary/aromatic N) is 2. The molecule has 3 aliphatic heterocycles. The molecule has 0 bridgehead atoms. The molecule has 0 N–H and O–H groups in total. The largest absolute Gasteiger partial charge is 0.483 e. The average Bonchev–Trinajstić information content (AvgIpc) is 3.08.